The third-order valence-corrected chi connectivity index (χ3v) is 2.79. The molecule has 4 N–H and O–H groups in total. The fourth-order valence-corrected chi connectivity index (χ4v) is 1.98. The van der Waals surface area contributed by atoms with E-state index in [0.717, 1.165) is 11.3 Å². The number of hydrogen-bond acceptors (Lipinski definition) is 4. The second kappa shape index (κ2) is 3.66. The van der Waals surface area contributed by atoms with Crippen molar-refractivity contribution in [3.63, 3.8) is 0 Å². The number of aromatic amines is 1. The first-order valence-electron chi connectivity index (χ1n) is 5.29. The number of primary amides is 1. The van der Waals surface area contributed by atoms with E-state index in [1.165, 1.54) is 0 Å². The number of nitrogens with two attached hydrogens (primary N) is 1. The van der Waals surface area contributed by atoms with Crippen molar-refractivity contribution in [1.29, 1.82) is 0 Å². The molecule has 0 saturated carbocycles. The van der Waals surface area contributed by atoms with Gasteiger partial charge in [-0.25, -0.2) is 0 Å². The third-order valence-electron chi connectivity index (χ3n) is 2.79. The van der Waals surface area contributed by atoms with Crippen molar-refractivity contribution < 1.29 is 9.59 Å². The van der Waals surface area contributed by atoms with E-state index in [0.29, 0.717) is 17.7 Å². The zero-order chi connectivity index (χ0) is 12.7. The molecule has 1 aliphatic heterocycles. The fourth-order valence-electron chi connectivity index (χ4n) is 1.98. The van der Waals surface area contributed by atoms with Crippen LogP contribution in [0.3, 0.4) is 0 Å². The van der Waals surface area contributed by atoms with Crippen LogP contribution < -0.4 is 11.1 Å². The van der Waals surface area contributed by atoms with Crippen molar-refractivity contribution >= 4 is 17.5 Å². The van der Waals surface area contributed by atoms with Crippen LogP contribution in [0, 0.1) is 0 Å². The molecule has 0 unspecified atom stereocenters. The lowest BCUT2D eigenvalue weighted by Crippen LogP contribution is -2.12. The Balaban J connectivity index is 2.08. The summed E-state index contributed by atoms with van der Waals surface area (Å²) in [5.41, 5.74) is 8.04. The summed E-state index contributed by atoms with van der Waals surface area (Å²) in [5, 5.41) is 12.7. The Bertz CT molecular complexity index is 661. The van der Waals surface area contributed by atoms with Gasteiger partial charge >= 0.3 is 0 Å². The molecule has 1 aromatic carbocycles. The molecule has 1 aromatic heterocycles. The molecule has 0 radical (unpaired) electrons. The first-order chi connectivity index (χ1) is 8.65. The van der Waals surface area contributed by atoms with E-state index in [1.807, 2.05) is 0 Å². The zero-order valence-corrected chi connectivity index (χ0v) is 9.23. The van der Waals surface area contributed by atoms with Crippen LogP contribution in [0.25, 0.3) is 11.3 Å². The molecule has 0 spiro atoms. The lowest BCUT2D eigenvalue weighted by molar-refractivity contribution is -0.115. The van der Waals surface area contributed by atoms with Gasteiger partial charge < -0.3 is 11.1 Å². The Hall–Kier alpha value is -2.70. The molecule has 7 nitrogen and oxygen atoms in total. The standard InChI is InChI=1S/C11H9N5O2/c12-11(18)10-9(14-16-15-10)5-1-2-7-6(3-5)4-8(17)13-7/h1-3H,4H2,(H2,12,18)(H,13,17)(H,14,15,16). The van der Waals surface area contributed by atoms with Crippen molar-refractivity contribution in [2.24, 2.45) is 5.73 Å². The van der Waals surface area contributed by atoms with Crippen LogP contribution in [0.2, 0.25) is 0 Å². The summed E-state index contributed by atoms with van der Waals surface area (Å²) in [6.07, 6.45) is 0.326. The molecule has 90 valence electrons. The number of nitrogens with one attached hydrogen (secondary N) is 2. The van der Waals surface area contributed by atoms with Crippen LogP contribution in [0.15, 0.2) is 18.2 Å². The molecule has 0 fully saturated rings. The predicted molar refractivity (Wildman–Crippen MR) is 62.7 cm³/mol. The molecule has 0 aliphatic carbocycles. The van der Waals surface area contributed by atoms with E-state index in [1.54, 1.807) is 18.2 Å². The molecule has 0 bridgehead atoms. The zero-order valence-electron chi connectivity index (χ0n) is 9.23. The Kier molecular flexibility index (Phi) is 2.12. The number of amides is 2. The Morgan fingerprint density at radius 3 is 2.94 bits per heavy atom. The van der Waals surface area contributed by atoms with Crippen molar-refractivity contribution in [3.05, 3.63) is 29.5 Å². The van der Waals surface area contributed by atoms with E-state index in [-0.39, 0.29) is 11.6 Å². The van der Waals surface area contributed by atoms with Gasteiger partial charge in [0.15, 0.2) is 5.69 Å². The molecule has 2 aromatic rings. The van der Waals surface area contributed by atoms with E-state index in [9.17, 15) is 9.59 Å². The SMILES string of the molecule is NC(=O)c1n[nH]nc1-c1ccc2c(c1)CC(=O)N2. The van der Waals surface area contributed by atoms with Crippen LogP contribution in [0.4, 0.5) is 5.69 Å². The van der Waals surface area contributed by atoms with Gasteiger partial charge in [0.2, 0.25) is 5.91 Å². The summed E-state index contributed by atoms with van der Waals surface area (Å²) < 4.78 is 0. The second-order valence-electron chi connectivity index (χ2n) is 3.98. The normalized spacial score (nSPS) is 13.2. The molecule has 3 rings (SSSR count). The number of anilines is 1. The Labute approximate surface area is 101 Å². The minimum absolute atomic E-state index is 0.0440. The number of benzene rings is 1. The highest BCUT2D eigenvalue weighted by molar-refractivity contribution is 6.00. The third kappa shape index (κ3) is 1.53. The average molecular weight is 243 g/mol. The maximum Gasteiger partial charge on any atom is 0.271 e. The molecule has 0 saturated heterocycles. The second-order valence-corrected chi connectivity index (χ2v) is 3.98. The summed E-state index contributed by atoms with van der Waals surface area (Å²) in [6, 6.07) is 5.33. The van der Waals surface area contributed by atoms with Gasteiger partial charge in [0.05, 0.1) is 6.42 Å². The number of carbonyl (C=O) groups is 2. The predicted octanol–water partition coefficient (Wildman–Crippen LogP) is 0.0652. The molecule has 0 atom stereocenters. The van der Waals surface area contributed by atoms with Crippen LogP contribution >= 0.6 is 0 Å². The largest absolute Gasteiger partial charge is 0.364 e. The van der Waals surface area contributed by atoms with E-state index < -0.39 is 5.91 Å². The maximum absolute atomic E-state index is 11.3. The molecule has 2 heterocycles. The van der Waals surface area contributed by atoms with Gasteiger partial charge in [0.1, 0.15) is 5.69 Å². The number of fused-ring (bicyclic) bond motifs is 1. The molecule has 18 heavy (non-hydrogen) atoms. The number of carbonyl (C=O) groups excluding carboxylic acids is 2. The van der Waals surface area contributed by atoms with Gasteiger partial charge in [0, 0.05) is 11.3 Å². The number of H-pyrrole nitrogens is 1. The summed E-state index contributed by atoms with van der Waals surface area (Å²) in [5.74, 6) is -0.689. The van der Waals surface area contributed by atoms with Gasteiger partial charge in [-0.1, -0.05) is 6.07 Å². The number of nitrogens with zero attached hydrogens (tertiary/aromatic N) is 2. The van der Waals surface area contributed by atoms with Crippen LogP contribution in [-0.2, 0) is 11.2 Å². The fraction of sp³-hybridized carbons (Fsp3) is 0.0909. The van der Waals surface area contributed by atoms with Gasteiger partial charge in [-0.2, -0.15) is 15.4 Å². The molecule has 2 amide bonds. The van der Waals surface area contributed by atoms with Gasteiger partial charge in [-0.05, 0) is 17.7 Å². The summed E-state index contributed by atoms with van der Waals surface area (Å²) in [4.78, 5) is 22.4. The van der Waals surface area contributed by atoms with Crippen LogP contribution in [-0.4, -0.2) is 27.2 Å². The number of aromatic nitrogens is 3. The first kappa shape index (κ1) is 10.5. The van der Waals surface area contributed by atoms with Gasteiger partial charge in [0.25, 0.3) is 5.91 Å². The monoisotopic (exact) mass is 243 g/mol. The lowest BCUT2D eigenvalue weighted by atomic mass is 10.0. The van der Waals surface area contributed by atoms with Crippen molar-refractivity contribution in [3.8, 4) is 11.3 Å². The van der Waals surface area contributed by atoms with Crippen molar-refractivity contribution in [2.75, 3.05) is 5.32 Å². The Morgan fingerprint density at radius 2 is 2.17 bits per heavy atom. The molecule has 1 aliphatic rings. The van der Waals surface area contributed by atoms with E-state index >= 15 is 0 Å². The number of hydrogen-bond donors (Lipinski definition) is 3. The lowest BCUT2D eigenvalue weighted by Gasteiger charge is -2.02. The molecule has 7 heteroatoms. The first-order valence-corrected chi connectivity index (χ1v) is 5.29. The molecular weight excluding hydrogens is 234 g/mol. The van der Waals surface area contributed by atoms with Crippen molar-refractivity contribution in [1.82, 2.24) is 15.4 Å². The Morgan fingerprint density at radius 1 is 1.33 bits per heavy atom. The van der Waals surface area contributed by atoms with Gasteiger partial charge in [-0.15, -0.1) is 0 Å². The minimum atomic E-state index is -0.645. The summed E-state index contributed by atoms with van der Waals surface area (Å²) in [7, 11) is 0. The van der Waals surface area contributed by atoms with E-state index in [4.69, 9.17) is 5.73 Å². The highest BCUT2D eigenvalue weighted by Gasteiger charge is 2.20. The van der Waals surface area contributed by atoms with Gasteiger partial charge in [-0.3, -0.25) is 9.59 Å². The summed E-state index contributed by atoms with van der Waals surface area (Å²) >= 11 is 0. The molecular formula is C11H9N5O2. The summed E-state index contributed by atoms with van der Waals surface area (Å²) in [6.45, 7) is 0. The highest BCUT2D eigenvalue weighted by atomic mass is 16.2. The smallest absolute Gasteiger partial charge is 0.271 e. The van der Waals surface area contributed by atoms with Crippen molar-refractivity contribution in [2.45, 2.75) is 6.42 Å². The van der Waals surface area contributed by atoms with Crippen LogP contribution in [0.1, 0.15) is 16.1 Å². The van der Waals surface area contributed by atoms with E-state index in [2.05, 4.69) is 20.7 Å². The van der Waals surface area contributed by atoms with Crippen LogP contribution in [0.5, 0.6) is 0 Å². The maximum atomic E-state index is 11.3. The highest BCUT2D eigenvalue weighted by Crippen LogP contribution is 2.28. The average Bonchev–Trinajstić information content (AvgIpc) is 2.91. The number of rotatable bonds is 2. The quantitative estimate of drug-likeness (QED) is 0.692. The topological polar surface area (TPSA) is 114 Å². The minimum Gasteiger partial charge on any atom is -0.364 e.